The fourth-order valence-electron chi connectivity index (χ4n) is 2.10. The van der Waals surface area contributed by atoms with Crippen LogP contribution < -0.4 is 5.48 Å². The fraction of sp³-hybridized carbons (Fsp3) is 0. The molecule has 0 aliphatic heterocycles. The van der Waals surface area contributed by atoms with Crippen molar-refractivity contribution in [1.29, 1.82) is 0 Å². The Labute approximate surface area is 177 Å². The quantitative estimate of drug-likeness (QED) is 0.327. The molecular weight excluding hydrogens is 490 g/mol. The maximum absolute atomic E-state index is 12.0. The molecule has 0 radical (unpaired) electrons. The predicted molar refractivity (Wildman–Crippen MR) is 113 cm³/mol. The number of nitrogens with zero attached hydrogens (tertiary/aromatic N) is 2. The van der Waals surface area contributed by atoms with Gasteiger partial charge in [-0.15, -0.1) is 10.2 Å². The monoisotopic (exact) mass is 501 g/mol. The molecule has 0 spiro atoms. The number of carbonyl (C=O) groups is 2. The Kier molecular flexibility index (Phi) is 6.67. The minimum absolute atomic E-state index is 0.424. The second-order valence-corrected chi connectivity index (χ2v) is 7.39. The van der Waals surface area contributed by atoms with Gasteiger partial charge in [0.15, 0.2) is 0 Å². The zero-order chi connectivity index (χ0) is 19.9. The number of hydrogen-bond donors (Lipinski definition) is 1. The molecule has 6 nitrogen and oxygen atoms in total. The molecule has 0 fully saturated rings. The first-order valence-corrected chi connectivity index (χ1v) is 9.64. The number of rotatable bonds is 5. The largest absolute Gasteiger partial charge is 0.362 e. The lowest BCUT2D eigenvalue weighted by Gasteiger charge is -2.07. The van der Waals surface area contributed by atoms with Crippen LogP contribution in [0.15, 0.2) is 92.0 Å². The minimum atomic E-state index is -0.503. The molecule has 28 heavy (non-hydrogen) atoms. The average Bonchev–Trinajstić information content (AvgIpc) is 2.72. The van der Waals surface area contributed by atoms with Crippen molar-refractivity contribution < 1.29 is 14.4 Å². The van der Waals surface area contributed by atoms with Gasteiger partial charge in [0.25, 0.3) is 5.91 Å². The normalized spacial score (nSPS) is 10.6. The van der Waals surface area contributed by atoms with Gasteiger partial charge in [0.05, 0.1) is 16.9 Å². The minimum Gasteiger partial charge on any atom is -0.338 e. The summed E-state index contributed by atoms with van der Waals surface area (Å²) in [7, 11) is 0. The lowest BCUT2D eigenvalue weighted by Crippen LogP contribution is -2.10. The molecular formula is C20H13Br2N3O3. The summed E-state index contributed by atoms with van der Waals surface area (Å²) in [5, 5.41) is 7.63. The highest BCUT2D eigenvalue weighted by molar-refractivity contribution is 9.10. The van der Waals surface area contributed by atoms with Crippen molar-refractivity contribution in [3.63, 3.8) is 0 Å². The molecule has 0 aliphatic rings. The molecule has 3 rings (SSSR count). The first-order chi connectivity index (χ1) is 13.5. The molecule has 3 aromatic rings. The standard InChI is InChI=1S/C20H13Br2N3O3/c21-15-5-1-13(2-6-15)19(26)24-23-17-9-11-18(12-10-17)25-28-20(27)14-3-7-16(22)8-4-14/h1-12,25H. The van der Waals surface area contributed by atoms with Gasteiger partial charge in [-0.25, -0.2) is 10.3 Å². The van der Waals surface area contributed by atoms with E-state index in [2.05, 4.69) is 47.6 Å². The van der Waals surface area contributed by atoms with Crippen molar-refractivity contribution in [3.8, 4) is 0 Å². The Hall–Kier alpha value is -2.84. The predicted octanol–water partition coefficient (Wildman–Crippen LogP) is 6.32. The van der Waals surface area contributed by atoms with Crippen LogP contribution in [0, 0.1) is 0 Å². The summed E-state index contributed by atoms with van der Waals surface area (Å²) in [6.45, 7) is 0. The summed E-state index contributed by atoms with van der Waals surface area (Å²) in [5.74, 6) is -0.936. The van der Waals surface area contributed by atoms with Crippen molar-refractivity contribution in [3.05, 3.63) is 92.9 Å². The summed E-state index contributed by atoms with van der Waals surface area (Å²) < 4.78 is 1.75. The second-order valence-electron chi connectivity index (χ2n) is 5.56. The third kappa shape index (κ3) is 5.58. The summed E-state index contributed by atoms with van der Waals surface area (Å²) in [4.78, 5) is 29.0. The van der Waals surface area contributed by atoms with Crippen LogP contribution in [0.1, 0.15) is 20.7 Å². The molecule has 0 aliphatic carbocycles. The van der Waals surface area contributed by atoms with Gasteiger partial charge in [0.1, 0.15) is 0 Å². The highest BCUT2D eigenvalue weighted by atomic mass is 79.9. The first kappa shape index (κ1) is 19.9. The van der Waals surface area contributed by atoms with Gasteiger partial charge in [-0.3, -0.25) is 4.79 Å². The first-order valence-electron chi connectivity index (χ1n) is 8.06. The van der Waals surface area contributed by atoms with E-state index >= 15 is 0 Å². The maximum Gasteiger partial charge on any atom is 0.362 e. The highest BCUT2D eigenvalue weighted by Crippen LogP contribution is 2.18. The Morgan fingerprint density at radius 1 is 0.750 bits per heavy atom. The van der Waals surface area contributed by atoms with E-state index in [-0.39, 0.29) is 0 Å². The summed E-state index contributed by atoms with van der Waals surface area (Å²) in [6.07, 6.45) is 0. The lowest BCUT2D eigenvalue weighted by atomic mass is 10.2. The topological polar surface area (TPSA) is 80.1 Å². The van der Waals surface area contributed by atoms with Gasteiger partial charge < -0.3 is 4.84 Å². The van der Waals surface area contributed by atoms with E-state index in [9.17, 15) is 9.59 Å². The Balaban J connectivity index is 1.55. The molecule has 0 aromatic heterocycles. The van der Waals surface area contributed by atoms with E-state index in [1.807, 2.05) is 0 Å². The number of carbonyl (C=O) groups excluding carboxylic acids is 2. The number of halogens is 2. The zero-order valence-electron chi connectivity index (χ0n) is 14.3. The number of anilines is 1. The number of nitrogens with one attached hydrogen (secondary N) is 1. The number of hydrogen-bond acceptors (Lipinski definition) is 5. The second kappa shape index (κ2) is 9.38. The van der Waals surface area contributed by atoms with Crippen molar-refractivity contribution in [2.75, 3.05) is 5.48 Å². The highest BCUT2D eigenvalue weighted by Gasteiger charge is 2.07. The van der Waals surface area contributed by atoms with Crippen LogP contribution in [0.4, 0.5) is 11.4 Å². The van der Waals surface area contributed by atoms with E-state index in [1.165, 1.54) is 0 Å². The molecule has 8 heteroatoms. The molecule has 0 saturated heterocycles. The number of benzene rings is 3. The Bertz CT molecular complexity index is 1000. The SMILES string of the molecule is O=C(N=Nc1ccc(NOC(=O)c2ccc(Br)cc2)cc1)c1ccc(Br)cc1. The van der Waals surface area contributed by atoms with Gasteiger partial charge in [0, 0.05) is 14.5 Å². The lowest BCUT2D eigenvalue weighted by molar-refractivity contribution is 0.0596. The van der Waals surface area contributed by atoms with Crippen LogP contribution in [0.25, 0.3) is 0 Å². The molecule has 0 heterocycles. The van der Waals surface area contributed by atoms with Crippen molar-refractivity contribution in [2.24, 2.45) is 10.2 Å². The third-order valence-corrected chi connectivity index (χ3v) is 4.61. The Morgan fingerprint density at radius 3 is 1.86 bits per heavy atom. The van der Waals surface area contributed by atoms with Crippen LogP contribution in [-0.2, 0) is 4.84 Å². The average molecular weight is 503 g/mol. The van der Waals surface area contributed by atoms with Gasteiger partial charge in [0.2, 0.25) is 0 Å². The smallest absolute Gasteiger partial charge is 0.338 e. The van der Waals surface area contributed by atoms with Crippen molar-refractivity contribution in [2.45, 2.75) is 0 Å². The van der Waals surface area contributed by atoms with E-state index < -0.39 is 11.9 Å². The van der Waals surface area contributed by atoms with Gasteiger partial charge in [-0.2, -0.15) is 0 Å². The van der Waals surface area contributed by atoms with E-state index in [1.54, 1.807) is 72.8 Å². The van der Waals surface area contributed by atoms with Crippen LogP contribution in [0.5, 0.6) is 0 Å². The maximum atomic E-state index is 12.0. The van der Waals surface area contributed by atoms with Gasteiger partial charge in [-0.1, -0.05) is 31.9 Å². The van der Waals surface area contributed by atoms with Gasteiger partial charge >= 0.3 is 5.97 Å². The van der Waals surface area contributed by atoms with E-state index in [4.69, 9.17) is 4.84 Å². The van der Waals surface area contributed by atoms with E-state index in [0.717, 1.165) is 8.95 Å². The third-order valence-electron chi connectivity index (χ3n) is 3.56. The summed E-state index contributed by atoms with van der Waals surface area (Å²) in [5.41, 5.74) is 4.50. The molecule has 3 aromatic carbocycles. The number of azo groups is 1. The summed E-state index contributed by atoms with van der Waals surface area (Å²) in [6, 6.07) is 20.3. The zero-order valence-corrected chi connectivity index (χ0v) is 17.5. The van der Waals surface area contributed by atoms with E-state index in [0.29, 0.717) is 22.5 Å². The number of amides is 1. The summed E-state index contributed by atoms with van der Waals surface area (Å²) >= 11 is 6.62. The van der Waals surface area contributed by atoms with Crippen molar-refractivity contribution in [1.82, 2.24) is 0 Å². The van der Waals surface area contributed by atoms with Gasteiger partial charge in [-0.05, 0) is 72.8 Å². The van der Waals surface area contributed by atoms with Crippen LogP contribution >= 0.6 is 31.9 Å². The molecule has 0 atom stereocenters. The van der Waals surface area contributed by atoms with Crippen LogP contribution in [0.3, 0.4) is 0 Å². The molecule has 0 unspecified atom stereocenters. The molecule has 0 saturated carbocycles. The van der Waals surface area contributed by atoms with Crippen molar-refractivity contribution >= 4 is 55.1 Å². The molecule has 1 amide bonds. The molecule has 1 N–H and O–H groups in total. The van der Waals surface area contributed by atoms with Crippen LogP contribution in [-0.4, -0.2) is 11.9 Å². The fourth-order valence-corrected chi connectivity index (χ4v) is 2.63. The molecule has 140 valence electrons. The molecule has 0 bridgehead atoms. The Morgan fingerprint density at radius 2 is 1.29 bits per heavy atom. The van der Waals surface area contributed by atoms with Crippen LogP contribution in [0.2, 0.25) is 0 Å².